The SMILES string of the molecule is [Cl-].c1ccc2c(N3CCNCC3)cccc2c1. The molecule has 0 saturated carbocycles. The molecule has 0 aromatic heterocycles. The molecule has 0 bridgehead atoms. The van der Waals surface area contributed by atoms with Crippen molar-refractivity contribution in [2.75, 3.05) is 31.1 Å². The molecule has 0 amide bonds. The van der Waals surface area contributed by atoms with Gasteiger partial charge in [0.1, 0.15) is 0 Å². The van der Waals surface area contributed by atoms with Crippen LogP contribution >= 0.6 is 0 Å². The van der Waals surface area contributed by atoms with Crippen molar-refractivity contribution in [1.82, 2.24) is 5.32 Å². The zero-order valence-corrected chi connectivity index (χ0v) is 10.5. The minimum Gasteiger partial charge on any atom is -1.00 e. The van der Waals surface area contributed by atoms with E-state index in [0.717, 1.165) is 26.2 Å². The predicted molar refractivity (Wildman–Crippen MR) is 69.0 cm³/mol. The van der Waals surface area contributed by atoms with E-state index in [9.17, 15) is 0 Å². The molecule has 0 radical (unpaired) electrons. The van der Waals surface area contributed by atoms with Gasteiger partial charge in [-0.15, -0.1) is 0 Å². The Morgan fingerprint density at radius 1 is 0.882 bits per heavy atom. The number of rotatable bonds is 1. The molecule has 1 N–H and O–H groups in total. The lowest BCUT2D eigenvalue weighted by Gasteiger charge is -2.30. The molecule has 90 valence electrons. The van der Waals surface area contributed by atoms with Crippen molar-refractivity contribution < 1.29 is 12.4 Å². The minimum absolute atomic E-state index is 0. The maximum Gasteiger partial charge on any atom is 0.0446 e. The Labute approximate surface area is 108 Å². The highest BCUT2D eigenvalue weighted by atomic mass is 35.5. The normalized spacial score (nSPS) is 15.6. The average molecular weight is 248 g/mol. The number of halogens is 1. The summed E-state index contributed by atoms with van der Waals surface area (Å²) in [7, 11) is 0. The van der Waals surface area contributed by atoms with Crippen molar-refractivity contribution >= 4 is 16.5 Å². The largest absolute Gasteiger partial charge is 1.00 e. The van der Waals surface area contributed by atoms with Gasteiger partial charge in [-0.3, -0.25) is 0 Å². The fraction of sp³-hybridized carbons (Fsp3) is 0.286. The van der Waals surface area contributed by atoms with Crippen LogP contribution < -0.4 is 22.6 Å². The van der Waals surface area contributed by atoms with Gasteiger partial charge >= 0.3 is 0 Å². The number of anilines is 1. The molecule has 1 aliphatic heterocycles. The van der Waals surface area contributed by atoms with Crippen LogP contribution in [0.1, 0.15) is 0 Å². The van der Waals surface area contributed by atoms with E-state index in [1.807, 2.05) is 0 Å². The zero-order valence-electron chi connectivity index (χ0n) is 9.70. The molecule has 0 atom stereocenters. The summed E-state index contributed by atoms with van der Waals surface area (Å²) in [6.07, 6.45) is 0. The van der Waals surface area contributed by atoms with E-state index < -0.39 is 0 Å². The van der Waals surface area contributed by atoms with E-state index in [0.29, 0.717) is 0 Å². The van der Waals surface area contributed by atoms with Crippen molar-refractivity contribution in [1.29, 1.82) is 0 Å². The molecule has 1 heterocycles. The second-order valence-electron chi connectivity index (χ2n) is 4.24. The summed E-state index contributed by atoms with van der Waals surface area (Å²) in [6.45, 7) is 4.38. The van der Waals surface area contributed by atoms with Gasteiger partial charge in [0.25, 0.3) is 0 Å². The number of fused-ring (bicyclic) bond motifs is 1. The second kappa shape index (κ2) is 5.39. The van der Waals surface area contributed by atoms with Crippen LogP contribution in [0.3, 0.4) is 0 Å². The van der Waals surface area contributed by atoms with Crippen LogP contribution in [0.15, 0.2) is 42.5 Å². The maximum absolute atomic E-state index is 3.39. The monoisotopic (exact) mass is 247 g/mol. The lowest BCUT2D eigenvalue weighted by atomic mass is 10.1. The quantitative estimate of drug-likeness (QED) is 0.714. The Bertz CT molecular complexity index is 487. The fourth-order valence-corrected chi connectivity index (χ4v) is 2.39. The van der Waals surface area contributed by atoms with Gasteiger partial charge in [0.2, 0.25) is 0 Å². The third-order valence-corrected chi connectivity index (χ3v) is 3.22. The van der Waals surface area contributed by atoms with E-state index >= 15 is 0 Å². The molecule has 0 spiro atoms. The third-order valence-electron chi connectivity index (χ3n) is 3.22. The van der Waals surface area contributed by atoms with Crippen LogP contribution in [-0.4, -0.2) is 26.2 Å². The average Bonchev–Trinajstić information content (AvgIpc) is 2.39. The van der Waals surface area contributed by atoms with Gasteiger partial charge < -0.3 is 22.6 Å². The number of hydrogen-bond donors (Lipinski definition) is 1. The lowest BCUT2D eigenvalue weighted by molar-refractivity contribution is -0.00000313. The van der Waals surface area contributed by atoms with Gasteiger partial charge in [-0.2, -0.15) is 0 Å². The Kier molecular flexibility index (Phi) is 3.87. The van der Waals surface area contributed by atoms with Crippen molar-refractivity contribution in [2.24, 2.45) is 0 Å². The molecule has 17 heavy (non-hydrogen) atoms. The first-order valence-electron chi connectivity index (χ1n) is 5.88. The molecule has 3 rings (SSSR count). The molecule has 0 unspecified atom stereocenters. The summed E-state index contributed by atoms with van der Waals surface area (Å²) in [5, 5.41) is 6.09. The molecule has 0 aliphatic carbocycles. The van der Waals surface area contributed by atoms with Gasteiger partial charge in [0, 0.05) is 37.3 Å². The van der Waals surface area contributed by atoms with Gasteiger partial charge in [-0.05, 0) is 11.5 Å². The topological polar surface area (TPSA) is 15.3 Å². The smallest absolute Gasteiger partial charge is 0.0446 e. The van der Waals surface area contributed by atoms with Crippen molar-refractivity contribution in [3.05, 3.63) is 42.5 Å². The highest BCUT2D eigenvalue weighted by Gasteiger charge is 2.12. The Morgan fingerprint density at radius 2 is 1.59 bits per heavy atom. The summed E-state index contributed by atoms with van der Waals surface area (Å²) in [6, 6.07) is 15.2. The van der Waals surface area contributed by atoms with Crippen molar-refractivity contribution in [3.63, 3.8) is 0 Å². The standard InChI is InChI=1S/C14H16N2.ClH/c1-2-6-13-12(4-1)5-3-7-14(13)16-10-8-15-9-11-16;/h1-7,15H,8-11H2;1H/p-1. The van der Waals surface area contributed by atoms with E-state index in [1.54, 1.807) is 0 Å². The van der Waals surface area contributed by atoms with E-state index in [1.165, 1.54) is 16.5 Å². The number of nitrogens with one attached hydrogen (secondary N) is 1. The summed E-state index contributed by atoms with van der Waals surface area (Å²) in [5.74, 6) is 0. The third kappa shape index (κ3) is 2.38. The molecule has 2 nitrogen and oxygen atoms in total. The van der Waals surface area contributed by atoms with E-state index in [4.69, 9.17) is 0 Å². The first-order valence-corrected chi connectivity index (χ1v) is 5.88. The van der Waals surface area contributed by atoms with Crippen LogP contribution in [0.2, 0.25) is 0 Å². The minimum atomic E-state index is 0. The molecule has 2 aromatic rings. The van der Waals surface area contributed by atoms with Crippen LogP contribution in [0.4, 0.5) is 5.69 Å². The molecule has 1 fully saturated rings. The number of benzene rings is 2. The van der Waals surface area contributed by atoms with Gasteiger partial charge in [0.05, 0.1) is 0 Å². The van der Waals surface area contributed by atoms with Crippen LogP contribution in [0.5, 0.6) is 0 Å². The molecule has 2 aromatic carbocycles. The van der Waals surface area contributed by atoms with Crippen LogP contribution in [0, 0.1) is 0 Å². The Hall–Kier alpha value is -1.25. The highest BCUT2D eigenvalue weighted by molar-refractivity contribution is 5.94. The van der Waals surface area contributed by atoms with Gasteiger partial charge in [0.15, 0.2) is 0 Å². The Morgan fingerprint density at radius 3 is 2.41 bits per heavy atom. The molecular weight excluding hydrogens is 232 g/mol. The van der Waals surface area contributed by atoms with Crippen molar-refractivity contribution in [2.45, 2.75) is 0 Å². The summed E-state index contributed by atoms with van der Waals surface area (Å²) in [4.78, 5) is 2.47. The van der Waals surface area contributed by atoms with E-state index in [2.05, 4.69) is 52.7 Å². The van der Waals surface area contributed by atoms with E-state index in [-0.39, 0.29) is 12.4 Å². The summed E-state index contributed by atoms with van der Waals surface area (Å²) >= 11 is 0. The summed E-state index contributed by atoms with van der Waals surface area (Å²) < 4.78 is 0. The Balaban J connectivity index is 0.00000108. The highest BCUT2D eigenvalue weighted by Crippen LogP contribution is 2.26. The summed E-state index contributed by atoms with van der Waals surface area (Å²) in [5.41, 5.74) is 1.37. The molecular formula is C14H16ClN2-. The zero-order chi connectivity index (χ0) is 10.8. The first-order chi connectivity index (χ1) is 7.95. The predicted octanol–water partition coefficient (Wildman–Crippen LogP) is -0.747. The molecule has 1 aliphatic rings. The maximum atomic E-state index is 3.39. The van der Waals surface area contributed by atoms with Gasteiger partial charge in [-0.25, -0.2) is 0 Å². The number of hydrogen-bond acceptors (Lipinski definition) is 2. The van der Waals surface area contributed by atoms with Crippen molar-refractivity contribution in [3.8, 4) is 0 Å². The molecule has 3 heteroatoms. The second-order valence-corrected chi connectivity index (χ2v) is 4.24. The van der Waals surface area contributed by atoms with Gasteiger partial charge in [-0.1, -0.05) is 36.4 Å². The van der Waals surface area contributed by atoms with Crippen LogP contribution in [0.25, 0.3) is 10.8 Å². The fourth-order valence-electron chi connectivity index (χ4n) is 2.39. The number of nitrogens with zero attached hydrogens (tertiary/aromatic N) is 1. The number of piperazine rings is 1. The lowest BCUT2D eigenvalue weighted by Crippen LogP contribution is -3.00. The van der Waals surface area contributed by atoms with Crippen LogP contribution in [-0.2, 0) is 0 Å². The first kappa shape index (κ1) is 12.2. The molecule has 1 saturated heterocycles.